The maximum absolute atomic E-state index is 11.4. The van der Waals surface area contributed by atoms with Gasteiger partial charge < -0.3 is 9.64 Å². The second-order valence-electron chi connectivity index (χ2n) is 4.17. The van der Waals surface area contributed by atoms with E-state index in [1.807, 2.05) is 4.90 Å². The fraction of sp³-hybridized carbons (Fsp3) is 0.583. The molecule has 0 spiro atoms. The lowest BCUT2D eigenvalue weighted by atomic mass is 10.4. The van der Waals surface area contributed by atoms with Crippen LogP contribution in [0.1, 0.15) is 30.3 Å². The molecule has 0 radical (unpaired) electrons. The molecule has 0 aromatic carbocycles. The van der Waals surface area contributed by atoms with Gasteiger partial charge in [0.15, 0.2) is 5.69 Å². The highest BCUT2D eigenvalue weighted by Gasteiger charge is 2.19. The zero-order chi connectivity index (χ0) is 13.0. The van der Waals surface area contributed by atoms with Gasteiger partial charge >= 0.3 is 5.97 Å². The molecule has 1 amide bonds. The van der Waals surface area contributed by atoms with Crippen LogP contribution in [0.3, 0.4) is 0 Å². The summed E-state index contributed by atoms with van der Waals surface area (Å²) < 4.78 is 6.52. The van der Waals surface area contributed by atoms with Crippen LogP contribution in [-0.4, -0.2) is 46.3 Å². The maximum atomic E-state index is 11.4. The normalized spacial score (nSPS) is 15.2. The second-order valence-corrected chi connectivity index (χ2v) is 4.17. The summed E-state index contributed by atoms with van der Waals surface area (Å²) >= 11 is 0. The minimum atomic E-state index is -0.409. The molecule has 6 heteroatoms. The molecule has 18 heavy (non-hydrogen) atoms. The molecular formula is C12H17N3O3. The Morgan fingerprint density at radius 2 is 2.33 bits per heavy atom. The van der Waals surface area contributed by atoms with Crippen molar-refractivity contribution in [3.63, 3.8) is 0 Å². The maximum Gasteiger partial charge on any atom is 0.358 e. The standard InChI is InChI=1S/C12H17N3O3/c1-2-18-12(17)10-5-7-15(13-10)9-8-14-6-3-4-11(14)16/h5,7H,2-4,6,8-9H2,1H3. The van der Waals surface area contributed by atoms with Crippen molar-refractivity contribution < 1.29 is 14.3 Å². The number of aromatic nitrogens is 2. The van der Waals surface area contributed by atoms with Gasteiger partial charge in [0.1, 0.15) is 0 Å². The lowest BCUT2D eigenvalue weighted by Crippen LogP contribution is -2.28. The molecular weight excluding hydrogens is 234 g/mol. The molecule has 0 N–H and O–H groups in total. The molecule has 1 aromatic heterocycles. The number of likely N-dealkylation sites (tertiary alicyclic amines) is 1. The molecule has 1 saturated heterocycles. The Kier molecular flexibility index (Phi) is 3.96. The largest absolute Gasteiger partial charge is 0.461 e. The Morgan fingerprint density at radius 3 is 3.00 bits per heavy atom. The van der Waals surface area contributed by atoms with E-state index in [9.17, 15) is 9.59 Å². The predicted octanol–water partition coefficient (Wildman–Crippen LogP) is 0.682. The average Bonchev–Trinajstić information content (AvgIpc) is 2.96. The van der Waals surface area contributed by atoms with Gasteiger partial charge in [-0.1, -0.05) is 0 Å². The fourth-order valence-corrected chi connectivity index (χ4v) is 1.96. The molecule has 1 aromatic rings. The first kappa shape index (κ1) is 12.6. The molecule has 98 valence electrons. The quantitative estimate of drug-likeness (QED) is 0.722. The molecule has 1 aliphatic rings. The SMILES string of the molecule is CCOC(=O)c1ccn(CCN2CCCC2=O)n1. The van der Waals surface area contributed by atoms with Gasteiger partial charge in [0, 0.05) is 25.7 Å². The number of rotatable bonds is 5. The highest BCUT2D eigenvalue weighted by molar-refractivity contribution is 5.87. The van der Waals surface area contributed by atoms with Crippen molar-refractivity contribution in [2.24, 2.45) is 0 Å². The summed E-state index contributed by atoms with van der Waals surface area (Å²) in [4.78, 5) is 24.6. The smallest absolute Gasteiger partial charge is 0.358 e. The predicted molar refractivity (Wildman–Crippen MR) is 64.0 cm³/mol. The summed E-state index contributed by atoms with van der Waals surface area (Å²) in [5.74, 6) is -0.207. The lowest BCUT2D eigenvalue weighted by Gasteiger charge is -2.14. The molecule has 0 aliphatic carbocycles. The van der Waals surface area contributed by atoms with Gasteiger partial charge in [-0.15, -0.1) is 0 Å². The van der Waals surface area contributed by atoms with E-state index in [1.54, 1.807) is 23.9 Å². The van der Waals surface area contributed by atoms with Crippen LogP contribution in [0.4, 0.5) is 0 Å². The fourth-order valence-electron chi connectivity index (χ4n) is 1.96. The third kappa shape index (κ3) is 2.88. The van der Waals surface area contributed by atoms with E-state index in [0.717, 1.165) is 13.0 Å². The monoisotopic (exact) mass is 251 g/mol. The van der Waals surface area contributed by atoms with Crippen LogP contribution in [0, 0.1) is 0 Å². The zero-order valence-corrected chi connectivity index (χ0v) is 10.5. The van der Waals surface area contributed by atoms with Gasteiger partial charge in [0.25, 0.3) is 0 Å². The summed E-state index contributed by atoms with van der Waals surface area (Å²) in [5.41, 5.74) is 0.310. The number of nitrogens with zero attached hydrogens (tertiary/aromatic N) is 3. The van der Waals surface area contributed by atoms with E-state index in [1.165, 1.54) is 0 Å². The zero-order valence-electron chi connectivity index (χ0n) is 10.5. The van der Waals surface area contributed by atoms with Crippen LogP contribution in [0.2, 0.25) is 0 Å². The molecule has 0 unspecified atom stereocenters. The van der Waals surface area contributed by atoms with Crippen LogP contribution in [0.15, 0.2) is 12.3 Å². The van der Waals surface area contributed by atoms with Crippen molar-refractivity contribution in [1.29, 1.82) is 0 Å². The third-order valence-electron chi connectivity index (χ3n) is 2.90. The minimum absolute atomic E-state index is 0.202. The van der Waals surface area contributed by atoms with Gasteiger partial charge in [-0.3, -0.25) is 9.48 Å². The molecule has 0 bridgehead atoms. The van der Waals surface area contributed by atoms with Crippen molar-refractivity contribution >= 4 is 11.9 Å². The number of esters is 1. The number of carbonyl (C=O) groups excluding carboxylic acids is 2. The first-order chi connectivity index (χ1) is 8.70. The Morgan fingerprint density at radius 1 is 1.50 bits per heavy atom. The number of amides is 1. The summed E-state index contributed by atoms with van der Waals surface area (Å²) in [6.07, 6.45) is 3.31. The Hall–Kier alpha value is -1.85. The topological polar surface area (TPSA) is 64.4 Å². The molecule has 0 saturated carbocycles. The van der Waals surface area contributed by atoms with Gasteiger partial charge in [0.2, 0.25) is 5.91 Å². The van der Waals surface area contributed by atoms with E-state index in [2.05, 4.69) is 5.10 Å². The molecule has 1 fully saturated rings. The number of ether oxygens (including phenoxy) is 1. The number of carbonyl (C=O) groups is 2. The van der Waals surface area contributed by atoms with E-state index < -0.39 is 5.97 Å². The minimum Gasteiger partial charge on any atom is -0.461 e. The van der Waals surface area contributed by atoms with Crippen molar-refractivity contribution in [1.82, 2.24) is 14.7 Å². The molecule has 6 nitrogen and oxygen atoms in total. The van der Waals surface area contributed by atoms with Crippen molar-refractivity contribution in [3.05, 3.63) is 18.0 Å². The van der Waals surface area contributed by atoms with Crippen molar-refractivity contribution in [3.8, 4) is 0 Å². The Bertz CT molecular complexity index is 442. The highest BCUT2D eigenvalue weighted by atomic mass is 16.5. The molecule has 1 aliphatic heterocycles. The van der Waals surface area contributed by atoms with Crippen LogP contribution < -0.4 is 0 Å². The number of hydrogen-bond donors (Lipinski definition) is 0. The van der Waals surface area contributed by atoms with Crippen molar-refractivity contribution in [2.75, 3.05) is 19.7 Å². The van der Waals surface area contributed by atoms with Gasteiger partial charge in [-0.05, 0) is 19.4 Å². The summed E-state index contributed by atoms with van der Waals surface area (Å²) in [7, 11) is 0. The van der Waals surface area contributed by atoms with Gasteiger partial charge in [0.05, 0.1) is 13.2 Å². The number of hydrogen-bond acceptors (Lipinski definition) is 4. The lowest BCUT2D eigenvalue weighted by molar-refractivity contribution is -0.127. The molecule has 0 atom stereocenters. The summed E-state index contributed by atoms with van der Waals surface area (Å²) in [5, 5.41) is 4.12. The summed E-state index contributed by atoms with van der Waals surface area (Å²) in [6.45, 7) is 4.17. The highest BCUT2D eigenvalue weighted by Crippen LogP contribution is 2.09. The van der Waals surface area contributed by atoms with Gasteiger partial charge in [-0.25, -0.2) is 4.79 Å². The van der Waals surface area contributed by atoms with Crippen LogP contribution in [0.5, 0.6) is 0 Å². The van der Waals surface area contributed by atoms with Crippen LogP contribution in [0.25, 0.3) is 0 Å². The van der Waals surface area contributed by atoms with Crippen LogP contribution in [-0.2, 0) is 16.1 Å². The first-order valence-corrected chi connectivity index (χ1v) is 6.19. The van der Waals surface area contributed by atoms with E-state index in [0.29, 0.717) is 31.8 Å². The summed E-state index contributed by atoms with van der Waals surface area (Å²) in [6, 6.07) is 1.63. The Labute approximate surface area is 106 Å². The average molecular weight is 251 g/mol. The Balaban J connectivity index is 1.86. The second kappa shape index (κ2) is 5.66. The molecule has 2 rings (SSSR count). The van der Waals surface area contributed by atoms with E-state index in [4.69, 9.17) is 4.74 Å². The van der Waals surface area contributed by atoms with E-state index in [-0.39, 0.29) is 5.91 Å². The van der Waals surface area contributed by atoms with E-state index >= 15 is 0 Å². The van der Waals surface area contributed by atoms with Crippen LogP contribution >= 0.6 is 0 Å². The first-order valence-electron chi connectivity index (χ1n) is 6.19. The molecule has 2 heterocycles. The van der Waals surface area contributed by atoms with Crippen molar-refractivity contribution in [2.45, 2.75) is 26.3 Å². The van der Waals surface area contributed by atoms with Gasteiger partial charge in [-0.2, -0.15) is 5.10 Å². The third-order valence-corrected chi connectivity index (χ3v) is 2.90.